The van der Waals surface area contributed by atoms with Crippen LogP contribution in [0.5, 0.6) is 0 Å². The quantitative estimate of drug-likeness (QED) is 0.723. The molecule has 1 N–H and O–H groups in total. The van der Waals surface area contributed by atoms with E-state index < -0.39 is 10.0 Å². The van der Waals surface area contributed by atoms with Crippen LogP contribution in [0.4, 0.5) is 5.69 Å². The average molecular weight is 340 g/mol. The molecule has 0 radical (unpaired) electrons. The molecule has 0 saturated carbocycles. The molecule has 1 aromatic heterocycles. The summed E-state index contributed by atoms with van der Waals surface area (Å²) in [5, 5.41) is 0. The van der Waals surface area contributed by atoms with Crippen LogP contribution in [0.15, 0.2) is 78.0 Å². The number of carbonyl (C=O) groups excluding carboxylic acids is 1. The van der Waals surface area contributed by atoms with Crippen molar-refractivity contribution in [1.82, 2.24) is 4.57 Å². The van der Waals surface area contributed by atoms with E-state index in [2.05, 4.69) is 4.72 Å². The molecule has 3 aromatic rings. The normalized spacial score (nSPS) is 11.2. The first kappa shape index (κ1) is 16.0. The maximum absolute atomic E-state index is 12.5. The van der Waals surface area contributed by atoms with E-state index in [9.17, 15) is 13.2 Å². The molecule has 6 heteroatoms. The standard InChI is InChI=1S/C18H16N2O3S/c1-14(21)15-6-4-9-18(12-15)24(22,23)19-16-7-5-8-17(13-16)20-10-2-3-11-20/h2-13,19H,1H3. The molecule has 122 valence electrons. The fourth-order valence-electron chi connectivity index (χ4n) is 2.33. The summed E-state index contributed by atoms with van der Waals surface area (Å²) in [5.41, 5.74) is 1.66. The highest BCUT2D eigenvalue weighted by Gasteiger charge is 2.15. The molecule has 24 heavy (non-hydrogen) atoms. The number of benzene rings is 2. The van der Waals surface area contributed by atoms with Crippen molar-refractivity contribution < 1.29 is 13.2 Å². The highest BCUT2D eigenvalue weighted by atomic mass is 32.2. The zero-order valence-corrected chi connectivity index (χ0v) is 13.8. The fourth-order valence-corrected chi connectivity index (χ4v) is 3.43. The Bertz CT molecular complexity index is 977. The second kappa shape index (κ2) is 6.33. The van der Waals surface area contributed by atoms with Crippen LogP contribution in [-0.2, 0) is 10.0 Å². The maximum atomic E-state index is 12.5. The Hall–Kier alpha value is -2.86. The zero-order chi connectivity index (χ0) is 17.2. The monoisotopic (exact) mass is 340 g/mol. The van der Waals surface area contributed by atoms with E-state index >= 15 is 0 Å². The SMILES string of the molecule is CC(=O)c1cccc(S(=O)(=O)Nc2cccc(-n3cccc3)c2)c1. The van der Waals surface area contributed by atoms with Crippen LogP contribution in [0.2, 0.25) is 0 Å². The molecule has 0 spiro atoms. The van der Waals surface area contributed by atoms with E-state index in [4.69, 9.17) is 0 Å². The van der Waals surface area contributed by atoms with Gasteiger partial charge >= 0.3 is 0 Å². The van der Waals surface area contributed by atoms with Gasteiger partial charge in [-0.25, -0.2) is 8.42 Å². The van der Waals surface area contributed by atoms with Gasteiger partial charge in [-0.05, 0) is 49.4 Å². The predicted molar refractivity (Wildman–Crippen MR) is 93.0 cm³/mol. The Kier molecular flexibility index (Phi) is 4.22. The maximum Gasteiger partial charge on any atom is 0.261 e. The van der Waals surface area contributed by atoms with Crippen LogP contribution in [-0.4, -0.2) is 18.8 Å². The molecule has 5 nitrogen and oxygen atoms in total. The van der Waals surface area contributed by atoms with Crippen molar-refractivity contribution in [3.8, 4) is 5.69 Å². The number of carbonyl (C=O) groups is 1. The minimum absolute atomic E-state index is 0.0570. The first-order valence-electron chi connectivity index (χ1n) is 7.33. The Morgan fingerprint density at radius 2 is 1.67 bits per heavy atom. The molecule has 0 fully saturated rings. The first-order chi connectivity index (χ1) is 11.5. The number of aromatic nitrogens is 1. The van der Waals surface area contributed by atoms with Gasteiger partial charge in [0.05, 0.1) is 10.6 Å². The number of rotatable bonds is 5. The van der Waals surface area contributed by atoms with Crippen molar-refractivity contribution in [2.45, 2.75) is 11.8 Å². The van der Waals surface area contributed by atoms with Gasteiger partial charge in [0.25, 0.3) is 10.0 Å². The number of hydrogen-bond donors (Lipinski definition) is 1. The van der Waals surface area contributed by atoms with Crippen LogP contribution in [0, 0.1) is 0 Å². The summed E-state index contributed by atoms with van der Waals surface area (Å²) in [4.78, 5) is 11.5. The Morgan fingerprint density at radius 1 is 0.958 bits per heavy atom. The van der Waals surface area contributed by atoms with Crippen molar-refractivity contribution >= 4 is 21.5 Å². The molecule has 0 atom stereocenters. The third-order valence-corrected chi connectivity index (χ3v) is 4.93. The van der Waals surface area contributed by atoms with E-state index in [1.54, 1.807) is 30.3 Å². The van der Waals surface area contributed by atoms with E-state index in [1.165, 1.54) is 19.1 Å². The van der Waals surface area contributed by atoms with Crippen molar-refractivity contribution in [2.24, 2.45) is 0 Å². The Morgan fingerprint density at radius 3 is 2.38 bits per heavy atom. The third kappa shape index (κ3) is 3.38. The van der Waals surface area contributed by atoms with Gasteiger partial charge in [0, 0.05) is 23.6 Å². The van der Waals surface area contributed by atoms with Crippen LogP contribution in [0.25, 0.3) is 5.69 Å². The molecule has 0 aliphatic heterocycles. The minimum Gasteiger partial charge on any atom is -0.324 e. The molecule has 0 bridgehead atoms. The molecule has 0 aliphatic carbocycles. The van der Waals surface area contributed by atoms with Crippen LogP contribution in [0.3, 0.4) is 0 Å². The number of sulfonamides is 1. The van der Waals surface area contributed by atoms with Gasteiger partial charge in [-0.1, -0.05) is 18.2 Å². The number of ketones is 1. The number of Topliss-reactive ketones (excluding diaryl/α,β-unsaturated/α-hetero) is 1. The Balaban J connectivity index is 1.91. The summed E-state index contributed by atoms with van der Waals surface area (Å²) < 4.78 is 29.5. The lowest BCUT2D eigenvalue weighted by Crippen LogP contribution is -2.13. The molecule has 0 amide bonds. The molecular weight excluding hydrogens is 324 g/mol. The van der Waals surface area contributed by atoms with Crippen LogP contribution >= 0.6 is 0 Å². The first-order valence-corrected chi connectivity index (χ1v) is 8.81. The van der Waals surface area contributed by atoms with Crippen molar-refractivity contribution in [2.75, 3.05) is 4.72 Å². The largest absolute Gasteiger partial charge is 0.324 e. The molecule has 3 rings (SSSR count). The van der Waals surface area contributed by atoms with Crippen molar-refractivity contribution in [1.29, 1.82) is 0 Å². The van der Waals surface area contributed by atoms with Gasteiger partial charge < -0.3 is 4.57 Å². The second-order valence-corrected chi connectivity index (χ2v) is 7.01. The molecule has 0 unspecified atom stereocenters. The van der Waals surface area contributed by atoms with E-state index in [-0.39, 0.29) is 10.7 Å². The van der Waals surface area contributed by atoms with E-state index in [0.717, 1.165) is 5.69 Å². The summed E-state index contributed by atoms with van der Waals surface area (Å²) in [6, 6.07) is 16.9. The molecular formula is C18H16N2O3S. The van der Waals surface area contributed by atoms with Crippen LogP contribution in [0.1, 0.15) is 17.3 Å². The molecule has 2 aromatic carbocycles. The van der Waals surface area contributed by atoms with Gasteiger partial charge in [0.15, 0.2) is 5.78 Å². The highest BCUT2D eigenvalue weighted by molar-refractivity contribution is 7.92. The van der Waals surface area contributed by atoms with Crippen LogP contribution < -0.4 is 4.72 Å². The van der Waals surface area contributed by atoms with Gasteiger partial charge in [-0.2, -0.15) is 0 Å². The zero-order valence-electron chi connectivity index (χ0n) is 13.0. The van der Waals surface area contributed by atoms with Crippen molar-refractivity contribution in [3.05, 3.63) is 78.6 Å². The van der Waals surface area contributed by atoms with Gasteiger partial charge in [-0.3, -0.25) is 9.52 Å². The molecule has 0 aliphatic rings. The average Bonchev–Trinajstić information content (AvgIpc) is 3.09. The molecule has 1 heterocycles. The fraction of sp³-hybridized carbons (Fsp3) is 0.0556. The minimum atomic E-state index is -3.77. The van der Waals surface area contributed by atoms with Gasteiger partial charge in [0.1, 0.15) is 0 Å². The predicted octanol–water partition coefficient (Wildman–Crippen LogP) is 3.48. The number of anilines is 1. The lowest BCUT2D eigenvalue weighted by atomic mass is 10.2. The Labute approximate surface area is 140 Å². The van der Waals surface area contributed by atoms with Gasteiger partial charge in [0.2, 0.25) is 0 Å². The van der Waals surface area contributed by atoms with Crippen molar-refractivity contribution in [3.63, 3.8) is 0 Å². The number of hydrogen-bond acceptors (Lipinski definition) is 3. The van der Waals surface area contributed by atoms with E-state index in [0.29, 0.717) is 11.3 Å². The number of nitrogens with zero attached hydrogens (tertiary/aromatic N) is 1. The van der Waals surface area contributed by atoms with Gasteiger partial charge in [-0.15, -0.1) is 0 Å². The summed E-state index contributed by atoms with van der Waals surface area (Å²) in [5.74, 6) is -0.179. The topological polar surface area (TPSA) is 68.2 Å². The highest BCUT2D eigenvalue weighted by Crippen LogP contribution is 2.20. The summed E-state index contributed by atoms with van der Waals surface area (Å²) >= 11 is 0. The lowest BCUT2D eigenvalue weighted by molar-refractivity contribution is 0.101. The van der Waals surface area contributed by atoms with E-state index in [1.807, 2.05) is 35.2 Å². The lowest BCUT2D eigenvalue weighted by Gasteiger charge is -2.11. The number of nitrogens with one attached hydrogen (secondary N) is 1. The summed E-state index contributed by atoms with van der Waals surface area (Å²) in [6.07, 6.45) is 3.76. The third-order valence-electron chi connectivity index (χ3n) is 3.55. The second-order valence-electron chi connectivity index (χ2n) is 5.33. The summed E-state index contributed by atoms with van der Waals surface area (Å²) in [7, 11) is -3.77. The molecule has 0 saturated heterocycles. The smallest absolute Gasteiger partial charge is 0.261 e. The summed E-state index contributed by atoms with van der Waals surface area (Å²) in [6.45, 7) is 1.40.